The van der Waals surface area contributed by atoms with Gasteiger partial charge in [0.1, 0.15) is 11.4 Å². The second kappa shape index (κ2) is 9.39. The van der Waals surface area contributed by atoms with Crippen LogP contribution in [0.4, 0.5) is 22.7 Å². The van der Waals surface area contributed by atoms with Crippen molar-refractivity contribution < 1.29 is 19.2 Å². The van der Waals surface area contributed by atoms with Gasteiger partial charge in [-0.25, -0.2) is 0 Å². The number of nitrogens with one attached hydrogen (secondary N) is 2. The van der Waals surface area contributed by atoms with Crippen LogP contribution >= 0.6 is 0 Å². The Balaban J connectivity index is 1.41. The molecule has 0 radical (unpaired) electrons. The molecule has 4 rings (SSSR count). The van der Waals surface area contributed by atoms with Crippen molar-refractivity contribution in [1.82, 2.24) is 0 Å². The molecule has 0 fully saturated rings. The van der Waals surface area contributed by atoms with E-state index in [9.17, 15) is 19.7 Å². The molecule has 3 aromatic carbocycles. The number of amides is 2. The number of rotatable bonds is 7. The van der Waals surface area contributed by atoms with Gasteiger partial charge in [-0.1, -0.05) is 24.3 Å². The zero-order chi connectivity index (χ0) is 23.4. The van der Waals surface area contributed by atoms with Crippen LogP contribution in [-0.4, -0.2) is 36.9 Å². The van der Waals surface area contributed by atoms with Gasteiger partial charge in [-0.05, 0) is 48.4 Å². The second-order valence-corrected chi connectivity index (χ2v) is 7.46. The number of nitrogens with zero attached hydrogens (tertiary/aromatic N) is 2. The lowest BCUT2D eigenvalue weighted by Crippen LogP contribution is -2.29. The van der Waals surface area contributed by atoms with E-state index in [1.807, 2.05) is 24.3 Å². The highest BCUT2D eigenvalue weighted by Crippen LogP contribution is 2.30. The maximum Gasteiger partial charge on any atom is 0.296 e. The van der Waals surface area contributed by atoms with Crippen LogP contribution in [0.15, 0.2) is 66.7 Å². The van der Waals surface area contributed by atoms with Crippen molar-refractivity contribution in [3.8, 4) is 5.75 Å². The lowest BCUT2D eigenvalue weighted by atomic mass is 10.1. The van der Waals surface area contributed by atoms with Crippen LogP contribution < -0.4 is 20.3 Å². The minimum absolute atomic E-state index is 0.0734. The van der Waals surface area contributed by atoms with Crippen LogP contribution in [0.5, 0.6) is 5.75 Å². The summed E-state index contributed by atoms with van der Waals surface area (Å²) in [6.45, 7) is 0.492. The van der Waals surface area contributed by atoms with Gasteiger partial charge in [0, 0.05) is 23.5 Å². The Bertz CT molecular complexity index is 1230. The monoisotopic (exact) mass is 446 g/mol. The molecule has 1 heterocycles. The van der Waals surface area contributed by atoms with Crippen molar-refractivity contribution in [2.24, 2.45) is 0 Å². The number of methoxy groups -OCH3 is 1. The topological polar surface area (TPSA) is 114 Å². The number of carbonyl (C=O) groups is 2. The molecule has 33 heavy (non-hydrogen) atoms. The SMILES string of the molecule is COc1ccc(NC(=O)CNc2cccc(C(=O)N3CCc4ccccc43)c2)c([N+](=O)[O-])c1. The second-order valence-electron chi connectivity index (χ2n) is 7.46. The summed E-state index contributed by atoms with van der Waals surface area (Å²) in [7, 11) is 1.41. The highest BCUT2D eigenvalue weighted by Gasteiger charge is 2.25. The normalized spacial score (nSPS) is 12.1. The Hall–Kier alpha value is -4.40. The Kier molecular flexibility index (Phi) is 6.21. The number of fused-ring (bicyclic) bond motifs is 1. The molecule has 1 aliphatic heterocycles. The summed E-state index contributed by atoms with van der Waals surface area (Å²) in [5.41, 5.74) is 2.96. The van der Waals surface area contributed by atoms with Crippen LogP contribution in [0.1, 0.15) is 15.9 Å². The van der Waals surface area contributed by atoms with Crippen LogP contribution in [0.25, 0.3) is 0 Å². The largest absolute Gasteiger partial charge is 0.496 e. The van der Waals surface area contributed by atoms with Gasteiger partial charge in [-0.3, -0.25) is 19.7 Å². The first-order chi connectivity index (χ1) is 16.0. The van der Waals surface area contributed by atoms with Gasteiger partial charge in [0.2, 0.25) is 5.91 Å². The number of hydrogen-bond acceptors (Lipinski definition) is 6. The van der Waals surface area contributed by atoms with E-state index in [0.29, 0.717) is 23.5 Å². The number of ether oxygens (including phenoxy) is 1. The average Bonchev–Trinajstić information content (AvgIpc) is 3.27. The Morgan fingerprint density at radius 2 is 1.91 bits per heavy atom. The Labute approximate surface area is 190 Å². The number of benzene rings is 3. The van der Waals surface area contributed by atoms with Crippen molar-refractivity contribution in [2.45, 2.75) is 6.42 Å². The van der Waals surface area contributed by atoms with Crippen molar-refractivity contribution in [3.63, 3.8) is 0 Å². The van der Waals surface area contributed by atoms with Gasteiger partial charge in [-0.15, -0.1) is 0 Å². The van der Waals surface area contributed by atoms with E-state index in [2.05, 4.69) is 10.6 Å². The summed E-state index contributed by atoms with van der Waals surface area (Å²) >= 11 is 0. The Morgan fingerprint density at radius 3 is 2.70 bits per heavy atom. The molecule has 0 saturated heterocycles. The van der Waals surface area contributed by atoms with Gasteiger partial charge in [0.05, 0.1) is 24.6 Å². The third-order valence-corrected chi connectivity index (χ3v) is 5.37. The third kappa shape index (κ3) is 4.77. The zero-order valence-electron chi connectivity index (χ0n) is 17.9. The van der Waals surface area contributed by atoms with Gasteiger partial charge >= 0.3 is 0 Å². The molecule has 0 spiro atoms. The Morgan fingerprint density at radius 1 is 1.09 bits per heavy atom. The lowest BCUT2D eigenvalue weighted by molar-refractivity contribution is -0.384. The van der Waals surface area contributed by atoms with Crippen molar-refractivity contribution in [2.75, 3.05) is 35.7 Å². The predicted molar refractivity (Wildman–Crippen MR) is 125 cm³/mol. The van der Waals surface area contributed by atoms with Crippen molar-refractivity contribution in [1.29, 1.82) is 0 Å². The standard InChI is InChI=1S/C24H22N4O5/c1-33-19-9-10-20(22(14-19)28(31)32)26-23(29)15-25-18-7-4-6-17(13-18)24(30)27-12-11-16-5-2-3-8-21(16)27/h2-10,13-14,25H,11-12,15H2,1H3,(H,26,29). The highest BCUT2D eigenvalue weighted by atomic mass is 16.6. The molecular weight excluding hydrogens is 424 g/mol. The third-order valence-electron chi connectivity index (χ3n) is 5.37. The summed E-state index contributed by atoms with van der Waals surface area (Å²) in [6, 6.07) is 18.9. The minimum atomic E-state index is -0.586. The minimum Gasteiger partial charge on any atom is -0.496 e. The number of carbonyl (C=O) groups excluding carboxylic acids is 2. The van der Waals surface area contributed by atoms with E-state index in [1.54, 1.807) is 29.2 Å². The van der Waals surface area contributed by atoms with Gasteiger partial charge in [0.25, 0.3) is 11.6 Å². The zero-order valence-corrected chi connectivity index (χ0v) is 17.9. The summed E-state index contributed by atoms with van der Waals surface area (Å²) in [5, 5.41) is 16.8. The van der Waals surface area contributed by atoms with Gasteiger partial charge in [0.15, 0.2) is 0 Å². The van der Waals surface area contributed by atoms with Crippen LogP contribution in [0, 0.1) is 10.1 Å². The van der Waals surface area contributed by atoms with Crippen LogP contribution in [0.3, 0.4) is 0 Å². The van der Waals surface area contributed by atoms with E-state index in [-0.39, 0.29) is 23.8 Å². The molecule has 9 heteroatoms. The van der Waals surface area contributed by atoms with E-state index in [4.69, 9.17) is 4.74 Å². The molecule has 0 atom stereocenters. The molecular formula is C24H22N4O5. The molecule has 0 saturated carbocycles. The van der Waals surface area contributed by atoms with E-state index in [1.165, 1.54) is 25.3 Å². The van der Waals surface area contributed by atoms with Crippen LogP contribution in [0.2, 0.25) is 0 Å². The maximum absolute atomic E-state index is 13.0. The van der Waals surface area contributed by atoms with E-state index < -0.39 is 10.8 Å². The molecule has 0 aliphatic carbocycles. The first kappa shape index (κ1) is 21.8. The van der Waals surface area contributed by atoms with Crippen molar-refractivity contribution >= 4 is 34.6 Å². The molecule has 0 unspecified atom stereocenters. The summed E-state index contributed by atoms with van der Waals surface area (Å²) in [6.07, 6.45) is 0.817. The molecule has 2 amide bonds. The lowest BCUT2D eigenvalue weighted by Gasteiger charge is -2.18. The summed E-state index contributed by atoms with van der Waals surface area (Å²) < 4.78 is 5.00. The molecule has 3 aromatic rings. The van der Waals surface area contributed by atoms with Crippen molar-refractivity contribution in [3.05, 3.63) is 88.0 Å². The first-order valence-corrected chi connectivity index (χ1v) is 10.3. The average molecular weight is 446 g/mol. The fraction of sp³-hybridized carbons (Fsp3) is 0.167. The summed E-state index contributed by atoms with van der Waals surface area (Å²) in [5.74, 6) is -0.254. The van der Waals surface area contributed by atoms with Gasteiger partial charge < -0.3 is 20.3 Å². The smallest absolute Gasteiger partial charge is 0.296 e. The number of anilines is 3. The maximum atomic E-state index is 13.0. The quantitative estimate of drug-likeness (QED) is 0.421. The number of nitro benzene ring substituents is 1. The molecule has 1 aliphatic rings. The van der Waals surface area contributed by atoms with Gasteiger partial charge in [-0.2, -0.15) is 0 Å². The van der Waals surface area contributed by atoms with Crippen LogP contribution in [-0.2, 0) is 11.2 Å². The molecule has 0 aromatic heterocycles. The van der Waals surface area contributed by atoms with E-state index in [0.717, 1.165) is 17.7 Å². The fourth-order valence-electron chi connectivity index (χ4n) is 3.74. The molecule has 9 nitrogen and oxygen atoms in total. The number of nitro groups is 1. The highest BCUT2D eigenvalue weighted by molar-refractivity contribution is 6.07. The molecule has 0 bridgehead atoms. The molecule has 2 N–H and O–H groups in total. The number of para-hydroxylation sites is 1. The number of hydrogen-bond donors (Lipinski definition) is 2. The first-order valence-electron chi connectivity index (χ1n) is 10.3. The fourth-order valence-corrected chi connectivity index (χ4v) is 3.74. The summed E-state index contributed by atoms with van der Waals surface area (Å²) in [4.78, 5) is 37.9. The van der Waals surface area contributed by atoms with E-state index >= 15 is 0 Å². The molecule has 168 valence electrons. The predicted octanol–water partition coefficient (Wildman–Crippen LogP) is 3.86.